The van der Waals surface area contributed by atoms with Gasteiger partial charge in [-0.3, -0.25) is 18.8 Å². The number of hydrogen-bond donors (Lipinski definition) is 2. The minimum atomic E-state index is -3.44. The fourth-order valence-electron chi connectivity index (χ4n) is 4.04. The summed E-state index contributed by atoms with van der Waals surface area (Å²) in [5, 5.41) is 5.26. The van der Waals surface area contributed by atoms with Gasteiger partial charge in [0.25, 0.3) is 0 Å². The van der Waals surface area contributed by atoms with Gasteiger partial charge < -0.3 is 15.4 Å². The van der Waals surface area contributed by atoms with Crippen LogP contribution in [0, 0.1) is 0 Å². The van der Waals surface area contributed by atoms with E-state index in [1.807, 2.05) is 0 Å². The average molecular weight is 439 g/mol. The molecular weight excluding hydrogens is 408 g/mol. The van der Waals surface area contributed by atoms with Gasteiger partial charge >= 0.3 is 11.8 Å². The van der Waals surface area contributed by atoms with E-state index in [1.54, 1.807) is 12.1 Å². The lowest BCUT2D eigenvalue weighted by atomic mass is 10.2. The zero-order valence-corrected chi connectivity index (χ0v) is 18.3. The summed E-state index contributed by atoms with van der Waals surface area (Å²) in [6.07, 6.45) is 3.46. The van der Waals surface area contributed by atoms with Gasteiger partial charge in [0.1, 0.15) is 5.75 Å². The topological polar surface area (TPSA) is 108 Å². The molecule has 0 spiro atoms. The van der Waals surface area contributed by atoms with Crippen molar-refractivity contribution in [2.24, 2.45) is 0 Å². The van der Waals surface area contributed by atoms with Crippen LogP contribution in [0.1, 0.15) is 32.6 Å². The number of amides is 2. The Hall–Kier alpha value is -2.33. The molecule has 0 bridgehead atoms. The van der Waals surface area contributed by atoms with Gasteiger partial charge in [-0.05, 0) is 57.0 Å². The van der Waals surface area contributed by atoms with Crippen LogP contribution in [-0.2, 0) is 19.6 Å². The summed E-state index contributed by atoms with van der Waals surface area (Å²) in [6.45, 7) is 4.79. The number of nitrogens with one attached hydrogen (secondary N) is 2. The van der Waals surface area contributed by atoms with Crippen molar-refractivity contribution in [3.63, 3.8) is 0 Å². The molecule has 0 saturated carbocycles. The lowest BCUT2D eigenvalue weighted by Gasteiger charge is -2.29. The van der Waals surface area contributed by atoms with E-state index in [0.717, 1.165) is 32.4 Å². The van der Waals surface area contributed by atoms with Crippen molar-refractivity contribution in [1.82, 2.24) is 10.2 Å². The number of rotatable bonds is 6. The average Bonchev–Trinajstić information content (AvgIpc) is 3.19. The maximum atomic E-state index is 12.5. The molecule has 166 valence electrons. The summed E-state index contributed by atoms with van der Waals surface area (Å²) in [7, 11) is -1.98. The number of hydrogen-bond acceptors (Lipinski definition) is 6. The van der Waals surface area contributed by atoms with Crippen LogP contribution in [0.3, 0.4) is 0 Å². The second-order valence-corrected chi connectivity index (χ2v) is 9.58. The van der Waals surface area contributed by atoms with Crippen LogP contribution in [0.2, 0.25) is 0 Å². The summed E-state index contributed by atoms with van der Waals surface area (Å²) in [5.41, 5.74) is 0.697. The minimum absolute atomic E-state index is 0.0745. The highest BCUT2D eigenvalue weighted by Gasteiger charge is 2.29. The zero-order valence-electron chi connectivity index (χ0n) is 17.5. The van der Waals surface area contributed by atoms with E-state index in [-0.39, 0.29) is 11.8 Å². The summed E-state index contributed by atoms with van der Waals surface area (Å²) in [4.78, 5) is 26.9. The first-order valence-corrected chi connectivity index (χ1v) is 12.0. The molecule has 10 heteroatoms. The highest BCUT2D eigenvalue weighted by molar-refractivity contribution is 7.92. The smallest absolute Gasteiger partial charge is 0.313 e. The number of ether oxygens (including phenoxy) is 1. The molecule has 0 radical (unpaired) electrons. The minimum Gasteiger partial charge on any atom is -0.495 e. The highest BCUT2D eigenvalue weighted by atomic mass is 32.2. The first kappa shape index (κ1) is 22.4. The summed E-state index contributed by atoms with van der Waals surface area (Å²) in [6, 6.07) is 4.95. The van der Waals surface area contributed by atoms with Gasteiger partial charge in [-0.1, -0.05) is 6.92 Å². The third kappa shape index (κ3) is 5.04. The number of likely N-dealkylation sites (N-methyl/N-ethyl adjacent to an activating group) is 1. The normalized spacial score (nSPS) is 21.3. The summed E-state index contributed by atoms with van der Waals surface area (Å²) < 4.78 is 31.6. The van der Waals surface area contributed by atoms with Gasteiger partial charge in [-0.25, -0.2) is 8.42 Å². The number of carbonyl (C=O) groups is 2. The third-order valence-electron chi connectivity index (χ3n) is 5.66. The van der Waals surface area contributed by atoms with Crippen molar-refractivity contribution in [2.75, 3.05) is 48.7 Å². The van der Waals surface area contributed by atoms with Crippen molar-refractivity contribution >= 4 is 33.2 Å². The van der Waals surface area contributed by atoms with E-state index >= 15 is 0 Å². The molecule has 2 saturated heterocycles. The van der Waals surface area contributed by atoms with E-state index in [4.69, 9.17) is 4.74 Å². The molecule has 2 aliphatic heterocycles. The molecule has 9 nitrogen and oxygen atoms in total. The number of sulfonamides is 1. The quantitative estimate of drug-likeness (QED) is 0.646. The second-order valence-electron chi connectivity index (χ2n) is 7.57. The highest BCUT2D eigenvalue weighted by Crippen LogP contribution is 2.35. The molecule has 1 aromatic rings. The summed E-state index contributed by atoms with van der Waals surface area (Å²) in [5.74, 6) is -1.02. The Kier molecular flexibility index (Phi) is 7.19. The molecule has 30 heavy (non-hydrogen) atoms. The number of methoxy groups -OCH3 is 1. The molecule has 2 amide bonds. The Labute approximate surface area is 177 Å². The SMILES string of the molecule is CCN1CCC[C@H]1CNC(=O)C(=O)Nc1ccc(OC)c(N2CCCCS2(=O)=O)c1. The zero-order chi connectivity index (χ0) is 21.7. The van der Waals surface area contributed by atoms with E-state index in [0.29, 0.717) is 36.6 Å². The van der Waals surface area contributed by atoms with Gasteiger partial charge in [0.15, 0.2) is 0 Å². The van der Waals surface area contributed by atoms with Crippen LogP contribution in [0.5, 0.6) is 5.75 Å². The van der Waals surface area contributed by atoms with Crippen molar-refractivity contribution < 1.29 is 22.7 Å². The molecule has 3 rings (SSSR count). The Balaban J connectivity index is 1.67. The molecule has 1 aromatic carbocycles. The fraction of sp³-hybridized carbons (Fsp3) is 0.600. The lowest BCUT2D eigenvalue weighted by molar-refractivity contribution is -0.136. The molecule has 0 aromatic heterocycles. The Bertz CT molecular complexity index is 889. The molecule has 2 heterocycles. The monoisotopic (exact) mass is 438 g/mol. The number of nitrogens with zero attached hydrogens (tertiary/aromatic N) is 2. The number of benzene rings is 1. The van der Waals surface area contributed by atoms with Gasteiger partial charge in [-0.15, -0.1) is 0 Å². The van der Waals surface area contributed by atoms with Gasteiger partial charge in [-0.2, -0.15) is 0 Å². The Morgan fingerprint density at radius 1 is 1.17 bits per heavy atom. The fourth-order valence-corrected chi connectivity index (χ4v) is 5.68. The molecule has 2 aliphatic rings. The van der Waals surface area contributed by atoms with E-state index in [9.17, 15) is 18.0 Å². The standard InChI is InChI=1S/C20H30N4O5S/c1-3-23-10-6-7-16(23)14-21-19(25)20(26)22-15-8-9-18(29-2)17(13-15)24-11-4-5-12-30(24,27)28/h8-9,13,16H,3-7,10-12,14H2,1-2H3,(H,21,25)(H,22,26)/t16-/m0/s1. The van der Waals surface area contributed by atoms with Crippen LogP contribution < -0.4 is 19.7 Å². The van der Waals surface area contributed by atoms with Crippen molar-refractivity contribution in [3.05, 3.63) is 18.2 Å². The number of anilines is 2. The summed E-state index contributed by atoms with van der Waals surface area (Å²) >= 11 is 0. The maximum Gasteiger partial charge on any atom is 0.313 e. The van der Waals surface area contributed by atoms with Crippen molar-refractivity contribution in [3.8, 4) is 5.75 Å². The van der Waals surface area contributed by atoms with Crippen LogP contribution >= 0.6 is 0 Å². The van der Waals surface area contributed by atoms with Crippen LogP contribution in [0.25, 0.3) is 0 Å². The Morgan fingerprint density at radius 2 is 1.97 bits per heavy atom. The molecule has 0 unspecified atom stereocenters. The first-order valence-electron chi connectivity index (χ1n) is 10.4. The first-order chi connectivity index (χ1) is 14.4. The van der Waals surface area contributed by atoms with Gasteiger partial charge in [0, 0.05) is 24.8 Å². The largest absolute Gasteiger partial charge is 0.495 e. The third-order valence-corrected chi connectivity index (χ3v) is 7.52. The van der Waals surface area contributed by atoms with E-state index in [1.165, 1.54) is 17.5 Å². The van der Waals surface area contributed by atoms with Gasteiger partial charge in [0.2, 0.25) is 10.0 Å². The lowest BCUT2D eigenvalue weighted by Crippen LogP contribution is -2.43. The van der Waals surface area contributed by atoms with Crippen molar-refractivity contribution in [1.29, 1.82) is 0 Å². The second kappa shape index (κ2) is 9.65. The predicted octanol–water partition coefficient (Wildman–Crippen LogP) is 1.16. The Morgan fingerprint density at radius 3 is 2.67 bits per heavy atom. The molecule has 2 fully saturated rings. The molecule has 2 N–H and O–H groups in total. The van der Waals surface area contributed by atoms with E-state index < -0.39 is 21.8 Å². The predicted molar refractivity (Wildman–Crippen MR) is 115 cm³/mol. The number of likely N-dealkylation sites (tertiary alicyclic amines) is 1. The van der Waals surface area contributed by atoms with Crippen molar-refractivity contribution in [2.45, 2.75) is 38.6 Å². The molecule has 0 aliphatic carbocycles. The maximum absolute atomic E-state index is 12.5. The van der Waals surface area contributed by atoms with Gasteiger partial charge in [0.05, 0.1) is 18.6 Å². The van der Waals surface area contributed by atoms with Crippen LogP contribution in [0.4, 0.5) is 11.4 Å². The molecule has 1 atom stereocenters. The number of carbonyl (C=O) groups excluding carboxylic acids is 2. The molecular formula is C20H30N4O5S. The van der Waals surface area contributed by atoms with E-state index in [2.05, 4.69) is 22.5 Å². The van der Waals surface area contributed by atoms with Crippen LogP contribution in [0.15, 0.2) is 18.2 Å². The van der Waals surface area contributed by atoms with Crippen LogP contribution in [-0.4, -0.2) is 70.2 Å².